The van der Waals surface area contributed by atoms with Gasteiger partial charge in [-0.2, -0.15) is 0 Å². The van der Waals surface area contributed by atoms with Crippen LogP contribution >= 0.6 is 0 Å². The van der Waals surface area contributed by atoms with Gasteiger partial charge in [-0.3, -0.25) is 9.69 Å². The lowest BCUT2D eigenvalue weighted by atomic mass is 10.2. The average molecular weight is 244 g/mol. The van der Waals surface area contributed by atoms with Crippen LogP contribution in [0.25, 0.3) is 0 Å². The molecule has 0 unspecified atom stereocenters. The first-order valence-corrected chi connectivity index (χ1v) is 5.30. The monoisotopic (exact) mass is 244 g/mol. The average Bonchev–Trinajstić information content (AvgIpc) is 2.37. The summed E-state index contributed by atoms with van der Waals surface area (Å²) < 4.78 is 0. The summed E-state index contributed by atoms with van der Waals surface area (Å²) in [6.07, 6.45) is 1.58. The van der Waals surface area contributed by atoms with Crippen LogP contribution in [0.15, 0.2) is 42.6 Å². The van der Waals surface area contributed by atoms with Gasteiger partial charge in [-0.1, -0.05) is 6.07 Å². The first-order valence-electron chi connectivity index (χ1n) is 5.30. The van der Waals surface area contributed by atoms with Gasteiger partial charge in [0.25, 0.3) is 5.91 Å². The number of pyridine rings is 1. The van der Waals surface area contributed by atoms with Crippen molar-refractivity contribution in [3.05, 3.63) is 48.2 Å². The molecule has 0 bridgehead atoms. The number of amides is 1. The second-order valence-corrected chi connectivity index (χ2v) is 3.79. The highest BCUT2D eigenvalue weighted by Gasteiger charge is 2.15. The second kappa shape index (κ2) is 4.75. The number of carbonyl (C=O) groups excluding carboxylic acids is 1. The number of hydrogen-bond donors (Lipinski definition) is 2. The summed E-state index contributed by atoms with van der Waals surface area (Å²) in [5.74, 6) is -0.189. The zero-order valence-corrected chi connectivity index (χ0v) is 9.74. The number of rotatable bonds is 2. The molecule has 18 heavy (non-hydrogen) atoms. The number of nitrogens with zero attached hydrogens (tertiary/aromatic N) is 2. The van der Waals surface area contributed by atoms with Crippen LogP contribution in [0.5, 0.6) is 11.5 Å². The van der Waals surface area contributed by atoms with Crippen LogP contribution in [0.2, 0.25) is 0 Å². The minimum absolute atomic E-state index is 0.159. The van der Waals surface area contributed by atoms with Gasteiger partial charge in [-0.15, -0.1) is 0 Å². The summed E-state index contributed by atoms with van der Waals surface area (Å²) in [7, 11) is 1.58. The topological polar surface area (TPSA) is 73.7 Å². The molecule has 2 N–H and O–H groups in total. The van der Waals surface area contributed by atoms with Crippen molar-refractivity contribution in [1.82, 2.24) is 4.98 Å². The lowest BCUT2D eigenvalue weighted by Gasteiger charge is -2.16. The number of carbonyl (C=O) groups is 1. The summed E-state index contributed by atoms with van der Waals surface area (Å²) in [4.78, 5) is 17.5. The molecule has 0 aliphatic rings. The largest absolute Gasteiger partial charge is 0.508 e. The maximum atomic E-state index is 12.1. The molecule has 2 rings (SSSR count). The van der Waals surface area contributed by atoms with Crippen LogP contribution in [-0.2, 0) is 0 Å². The van der Waals surface area contributed by atoms with Gasteiger partial charge in [0.2, 0.25) is 0 Å². The summed E-state index contributed by atoms with van der Waals surface area (Å²) in [6, 6.07) is 8.97. The van der Waals surface area contributed by atoms with Crippen molar-refractivity contribution < 1.29 is 15.0 Å². The Morgan fingerprint density at radius 1 is 1.17 bits per heavy atom. The third kappa shape index (κ3) is 2.40. The van der Waals surface area contributed by atoms with E-state index in [0.29, 0.717) is 5.82 Å². The van der Waals surface area contributed by atoms with Crippen molar-refractivity contribution in [3.8, 4) is 11.5 Å². The van der Waals surface area contributed by atoms with Gasteiger partial charge in [0.05, 0.1) is 0 Å². The molecular formula is C13H12N2O3. The number of aromatic nitrogens is 1. The Hall–Kier alpha value is -2.56. The molecule has 0 spiro atoms. The van der Waals surface area contributed by atoms with Crippen LogP contribution in [0.3, 0.4) is 0 Å². The Bertz CT molecular complexity index is 549. The van der Waals surface area contributed by atoms with E-state index in [1.54, 1.807) is 31.4 Å². The molecule has 0 saturated heterocycles. The third-order valence-electron chi connectivity index (χ3n) is 2.45. The van der Waals surface area contributed by atoms with Crippen molar-refractivity contribution in [3.63, 3.8) is 0 Å². The molecule has 0 aliphatic heterocycles. The number of aromatic hydroxyl groups is 2. The Morgan fingerprint density at radius 3 is 2.39 bits per heavy atom. The Labute approximate surface area is 104 Å². The molecule has 5 heteroatoms. The van der Waals surface area contributed by atoms with Crippen LogP contribution in [-0.4, -0.2) is 28.2 Å². The van der Waals surface area contributed by atoms with Crippen LogP contribution < -0.4 is 4.90 Å². The van der Waals surface area contributed by atoms with Crippen molar-refractivity contribution in [2.24, 2.45) is 0 Å². The molecule has 92 valence electrons. The molecule has 1 aromatic carbocycles. The molecule has 0 saturated carbocycles. The van der Waals surface area contributed by atoms with Crippen molar-refractivity contribution in [1.29, 1.82) is 0 Å². The first kappa shape index (κ1) is 11.9. The van der Waals surface area contributed by atoms with Crippen molar-refractivity contribution >= 4 is 11.7 Å². The highest BCUT2D eigenvalue weighted by molar-refractivity contribution is 6.05. The van der Waals surface area contributed by atoms with E-state index in [-0.39, 0.29) is 23.0 Å². The third-order valence-corrected chi connectivity index (χ3v) is 2.45. The van der Waals surface area contributed by atoms with E-state index >= 15 is 0 Å². The van der Waals surface area contributed by atoms with E-state index in [1.807, 2.05) is 0 Å². The Balaban J connectivity index is 2.31. The summed E-state index contributed by atoms with van der Waals surface area (Å²) >= 11 is 0. The zero-order chi connectivity index (χ0) is 13.1. The van der Waals surface area contributed by atoms with E-state index in [4.69, 9.17) is 0 Å². The minimum atomic E-state index is -0.361. The highest BCUT2D eigenvalue weighted by atomic mass is 16.3. The minimum Gasteiger partial charge on any atom is -0.508 e. The first-order chi connectivity index (χ1) is 8.58. The molecule has 0 aliphatic carbocycles. The van der Waals surface area contributed by atoms with Gasteiger partial charge >= 0.3 is 0 Å². The second-order valence-electron chi connectivity index (χ2n) is 3.79. The summed E-state index contributed by atoms with van der Waals surface area (Å²) in [6.45, 7) is 0. The normalized spacial score (nSPS) is 10.1. The lowest BCUT2D eigenvalue weighted by molar-refractivity contribution is 0.0991. The van der Waals surface area contributed by atoms with Gasteiger partial charge in [0.15, 0.2) is 0 Å². The van der Waals surface area contributed by atoms with E-state index in [9.17, 15) is 15.0 Å². The summed E-state index contributed by atoms with van der Waals surface area (Å²) in [5, 5.41) is 18.7. The molecule has 1 heterocycles. The molecule has 0 atom stereocenters. The van der Waals surface area contributed by atoms with Gasteiger partial charge in [0, 0.05) is 24.9 Å². The lowest BCUT2D eigenvalue weighted by Crippen LogP contribution is -2.26. The van der Waals surface area contributed by atoms with E-state index in [1.165, 1.54) is 17.0 Å². The molecule has 1 aromatic heterocycles. The molecule has 0 fully saturated rings. The quantitative estimate of drug-likeness (QED) is 0.844. The molecule has 5 nitrogen and oxygen atoms in total. The highest BCUT2D eigenvalue weighted by Crippen LogP contribution is 2.22. The molecule has 2 aromatic rings. The predicted octanol–water partition coefficient (Wildman–Crippen LogP) is 1.77. The predicted molar refractivity (Wildman–Crippen MR) is 66.7 cm³/mol. The standard InChI is InChI=1S/C13H12N2O3/c1-15(12-4-2-3-5-14-12)13(18)9-6-10(16)8-11(17)7-9/h2-8,16-17H,1H3. The molecular weight excluding hydrogens is 232 g/mol. The van der Waals surface area contributed by atoms with Crippen LogP contribution in [0.4, 0.5) is 5.82 Å². The molecule has 1 amide bonds. The van der Waals surface area contributed by atoms with E-state index in [0.717, 1.165) is 6.07 Å². The van der Waals surface area contributed by atoms with Gasteiger partial charge in [0.1, 0.15) is 17.3 Å². The van der Waals surface area contributed by atoms with Crippen molar-refractivity contribution in [2.45, 2.75) is 0 Å². The smallest absolute Gasteiger partial charge is 0.259 e. The van der Waals surface area contributed by atoms with Crippen molar-refractivity contribution in [2.75, 3.05) is 11.9 Å². The maximum absolute atomic E-state index is 12.1. The number of phenolic OH excluding ortho intramolecular Hbond substituents is 2. The van der Waals surface area contributed by atoms with Gasteiger partial charge < -0.3 is 10.2 Å². The van der Waals surface area contributed by atoms with Gasteiger partial charge in [-0.05, 0) is 24.3 Å². The van der Waals surface area contributed by atoms with Crippen LogP contribution in [0.1, 0.15) is 10.4 Å². The Morgan fingerprint density at radius 2 is 1.83 bits per heavy atom. The maximum Gasteiger partial charge on any atom is 0.259 e. The summed E-state index contributed by atoms with van der Waals surface area (Å²) in [5.41, 5.74) is 0.195. The fraction of sp³-hybridized carbons (Fsp3) is 0.0769. The van der Waals surface area contributed by atoms with E-state index in [2.05, 4.69) is 4.98 Å². The number of anilines is 1. The molecule has 0 radical (unpaired) electrons. The number of phenols is 2. The van der Waals surface area contributed by atoms with Gasteiger partial charge in [-0.25, -0.2) is 4.98 Å². The fourth-order valence-electron chi connectivity index (χ4n) is 1.57. The van der Waals surface area contributed by atoms with Crippen LogP contribution in [0, 0.1) is 0 Å². The fourth-order valence-corrected chi connectivity index (χ4v) is 1.57. The Kier molecular flexibility index (Phi) is 3.14. The SMILES string of the molecule is CN(C(=O)c1cc(O)cc(O)c1)c1ccccn1. The zero-order valence-electron chi connectivity index (χ0n) is 9.74. The number of benzene rings is 1. The van der Waals surface area contributed by atoms with E-state index < -0.39 is 0 Å². The number of hydrogen-bond acceptors (Lipinski definition) is 4.